The van der Waals surface area contributed by atoms with Crippen LogP contribution in [0.4, 0.5) is 13.2 Å². The maximum Gasteiger partial charge on any atom is 0.416 e. The zero-order valence-corrected chi connectivity index (χ0v) is 22.5. The summed E-state index contributed by atoms with van der Waals surface area (Å²) in [5.74, 6) is -0.233. The average molecular weight is 541 g/mol. The van der Waals surface area contributed by atoms with Crippen molar-refractivity contribution in [3.63, 3.8) is 0 Å². The molecule has 0 saturated heterocycles. The number of hydrogen-bond donors (Lipinski definition) is 1. The normalized spacial score (nSPS) is 19.3. The molecule has 1 aliphatic heterocycles. The van der Waals surface area contributed by atoms with E-state index >= 15 is 0 Å². The first-order valence-corrected chi connectivity index (χ1v) is 13.1. The fourth-order valence-electron chi connectivity index (χ4n) is 5.03. The van der Waals surface area contributed by atoms with Crippen LogP contribution in [0.3, 0.4) is 0 Å². The predicted molar refractivity (Wildman–Crippen MR) is 145 cm³/mol. The summed E-state index contributed by atoms with van der Waals surface area (Å²) in [4.78, 5) is 17.6. The van der Waals surface area contributed by atoms with Crippen molar-refractivity contribution < 1.29 is 27.8 Å². The average Bonchev–Trinajstić information content (AvgIpc) is 2.94. The smallest absolute Gasteiger partial charge is 0.394 e. The summed E-state index contributed by atoms with van der Waals surface area (Å²) >= 11 is 0. The fourth-order valence-corrected chi connectivity index (χ4v) is 5.03. The predicted octanol–water partition coefficient (Wildman–Crippen LogP) is 5.86. The number of amides is 1. The SMILES string of the molecule is C[C@H]1CN([C@@H](C)CO)C(=O)c2ccccc2-c2ccccc2CO[C@@H]1CN(C)Cc1ccc(C(F)(F)F)cc1. The van der Waals surface area contributed by atoms with E-state index in [9.17, 15) is 23.1 Å². The van der Waals surface area contributed by atoms with E-state index in [1.807, 2.05) is 74.3 Å². The summed E-state index contributed by atoms with van der Waals surface area (Å²) in [6.45, 7) is 5.36. The van der Waals surface area contributed by atoms with E-state index in [4.69, 9.17) is 4.74 Å². The second kappa shape index (κ2) is 12.3. The second-order valence-electron chi connectivity index (χ2n) is 10.4. The third kappa shape index (κ3) is 6.87. The molecule has 0 radical (unpaired) electrons. The van der Waals surface area contributed by atoms with Crippen LogP contribution in [0.2, 0.25) is 0 Å². The number of aliphatic hydroxyl groups is 1. The molecule has 0 fully saturated rings. The Bertz CT molecular complexity index is 1260. The van der Waals surface area contributed by atoms with Gasteiger partial charge in [0.05, 0.1) is 30.9 Å². The van der Waals surface area contributed by atoms with E-state index in [-0.39, 0.29) is 24.5 Å². The van der Waals surface area contributed by atoms with E-state index in [0.717, 1.165) is 34.4 Å². The largest absolute Gasteiger partial charge is 0.416 e. The number of rotatable bonds is 6. The molecule has 3 aromatic rings. The van der Waals surface area contributed by atoms with Gasteiger partial charge in [0.25, 0.3) is 5.91 Å². The van der Waals surface area contributed by atoms with Crippen LogP contribution in [-0.4, -0.2) is 59.7 Å². The zero-order valence-electron chi connectivity index (χ0n) is 22.5. The Morgan fingerprint density at radius 2 is 1.62 bits per heavy atom. The minimum absolute atomic E-state index is 0.0876. The Hall–Kier alpha value is -3.20. The van der Waals surface area contributed by atoms with Crippen LogP contribution >= 0.6 is 0 Å². The van der Waals surface area contributed by atoms with Crippen LogP contribution < -0.4 is 0 Å². The van der Waals surface area contributed by atoms with Crippen molar-refractivity contribution >= 4 is 5.91 Å². The van der Waals surface area contributed by atoms with Gasteiger partial charge < -0.3 is 14.7 Å². The van der Waals surface area contributed by atoms with Gasteiger partial charge in [0.1, 0.15) is 0 Å². The number of carbonyl (C=O) groups excluding carboxylic acids is 1. The number of ether oxygens (including phenoxy) is 1. The first-order valence-electron chi connectivity index (χ1n) is 13.1. The maximum absolute atomic E-state index is 13.9. The summed E-state index contributed by atoms with van der Waals surface area (Å²) in [6.07, 6.45) is -4.65. The molecule has 0 spiro atoms. The van der Waals surface area contributed by atoms with E-state index in [1.165, 1.54) is 12.1 Å². The number of halogens is 3. The van der Waals surface area contributed by atoms with Crippen LogP contribution in [0.15, 0.2) is 72.8 Å². The molecule has 39 heavy (non-hydrogen) atoms. The number of likely N-dealkylation sites (N-methyl/N-ethyl adjacent to an activating group) is 1. The molecule has 0 bridgehead atoms. The number of alkyl halides is 3. The quantitative estimate of drug-likeness (QED) is 0.426. The third-order valence-corrected chi connectivity index (χ3v) is 7.32. The lowest BCUT2D eigenvalue weighted by molar-refractivity contribution is -0.137. The Morgan fingerprint density at radius 3 is 2.26 bits per heavy atom. The van der Waals surface area contributed by atoms with Crippen LogP contribution in [0.5, 0.6) is 0 Å². The summed E-state index contributed by atoms with van der Waals surface area (Å²) in [5, 5.41) is 9.98. The van der Waals surface area contributed by atoms with Gasteiger partial charge in [-0.25, -0.2) is 0 Å². The molecule has 1 amide bonds. The number of fused-ring (bicyclic) bond motifs is 3. The highest BCUT2D eigenvalue weighted by atomic mass is 19.4. The van der Waals surface area contributed by atoms with Gasteiger partial charge >= 0.3 is 6.18 Å². The molecule has 0 unspecified atom stereocenters. The lowest BCUT2D eigenvalue weighted by Crippen LogP contribution is -2.47. The summed E-state index contributed by atoms with van der Waals surface area (Å²) in [6, 6.07) is 20.2. The molecule has 3 aromatic carbocycles. The molecule has 3 atom stereocenters. The lowest BCUT2D eigenvalue weighted by Gasteiger charge is -2.35. The van der Waals surface area contributed by atoms with Gasteiger partial charge in [-0.3, -0.25) is 9.69 Å². The monoisotopic (exact) mass is 540 g/mol. The van der Waals surface area contributed by atoms with E-state index in [0.29, 0.717) is 31.8 Å². The van der Waals surface area contributed by atoms with Gasteiger partial charge in [0, 0.05) is 31.1 Å². The molecule has 5 nitrogen and oxygen atoms in total. The van der Waals surface area contributed by atoms with Gasteiger partial charge in [0.15, 0.2) is 0 Å². The Balaban J connectivity index is 1.62. The minimum atomic E-state index is -4.37. The molecular formula is C31H35F3N2O3. The van der Waals surface area contributed by atoms with Crippen molar-refractivity contribution in [2.45, 2.75) is 45.3 Å². The topological polar surface area (TPSA) is 53.0 Å². The highest BCUT2D eigenvalue weighted by molar-refractivity contribution is 6.01. The van der Waals surface area contributed by atoms with Crippen LogP contribution in [0.25, 0.3) is 11.1 Å². The fraction of sp³-hybridized carbons (Fsp3) is 0.387. The Morgan fingerprint density at radius 1 is 1.00 bits per heavy atom. The minimum Gasteiger partial charge on any atom is -0.394 e. The molecule has 1 aliphatic rings. The highest BCUT2D eigenvalue weighted by Crippen LogP contribution is 2.32. The lowest BCUT2D eigenvalue weighted by atomic mass is 9.94. The summed E-state index contributed by atoms with van der Waals surface area (Å²) in [5.41, 5.74) is 3.38. The Labute approximate surface area is 227 Å². The van der Waals surface area contributed by atoms with Crippen molar-refractivity contribution in [2.75, 3.05) is 26.7 Å². The van der Waals surface area contributed by atoms with Crippen molar-refractivity contribution in [3.05, 3.63) is 95.1 Å². The maximum atomic E-state index is 13.9. The highest BCUT2D eigenvalue weighted by Gasteiger charge is 2.31. The van der Waals surface area contributed by atoms with Gasteiger partial charge in [-0.15, -0.1) is 0 Å². The number of carbonyl (C=O) groups is 1. The van der Waals surface area contributed by atoms with Gasteiger partial charge in [0.2, 0.25) is 0 Å². The summed E-state index contributed by atoms with van der Waals surface area (Å²) < 4.78 is 45.4. The molecule has 208 valence electrons. The number of nitrogens with zero attached hydrogens (tertiary/aromatic N) is 2. The van der Waals surface area contributed by atoms with Crippen molar-refractivity contribution in [3.8, 4) is 11.1 Å². The van der Waals surface area contributed by atoms with Crippen LogP contribution in [0, 0.1) is 5.92 Å². The van der Waals surface area contributed by atoms with Crippen molar-refractivity contribution in [1.82, 2.24) is 9.80 Å². The van der Waals surface area contributed by atoms with Crippen molar-refractivity contribution in [1.29, 1.82) is 0 Å². The molecule has 0 saturated carbocycles. The standard InChI is InChI=1S/C31H35F3N2O3/c1-21-16-36(22(2)19-37)30(38)28-11-7-6-10-27(28)26-9-5-4-8-24(26)20-39-29(21)18-35(3)17-23-12-14-25(15-13-23)31(32,33)34/h4-15,21-22,29,37H,16-20H2,1-3H3/t21-,22-,29+/m0/s1. The summed E-state index contributed by atoms with van der Waals surface area (Å²) in [7, 11) is 1.90. The molecule has 0 aromatic heterocycles. The van der Waals surface area contributed by atoms with Gasteiger partial charge in [-0.2, -0.15) is 13.2 Å². The van der Waals surface area contributed by atoms with Crippen LogP contribution in [0.1, 0.15) is 40.9 Å². The molecule has 8 heteroatoms. The number of benzene rings is 3. The molecule has 1 N–H and O–H groups in total. The van der Waals surface area contributed by atoms with Crippen LogP contribution in [-0.2, 0) is 24.1 Å². The first kappa shape index (κ1) is 28.8. The van der Waals surface area contributed by atoms with Gasteiger partial charge in [-0.05, 0) is 54.4 Å². The second-order valence-corrected chi connectivity index (χ2v) is 10.4. The molecule has 0 aliphatic carbocycles. The Kier molecular flexibility index (Phi) is 9.10. The van der Waals surface area contributed by atoms with Gasteiger partial charge in [-0.1, -0.05) is 61.5 Å². The number of hydrogen-bond acceptors (Lipinski definition) is 4. The molecule has 1 heterocycles. The number of aliphatic hydroxyl groups excluding tert-OH is 1. The van der Waals surface area contributed by atoms with E-state index in [2.05, 4.69) is 0 Å². The zero-order chi connectivity index (χ0) is 28.2. The molecular weight excluding hydrogens is 505 g/mol. The van der Waals surface area contributed by atoms with E-state index in [1.54, 1.807) is 4.90 Å². The third-order valence-electron chi connectivity index (χ3n) is 7.32. The molecule has 4 rings (SSSR count). The van der Waals surface area contributed by atoms with Crippen molar-refractivity contribution in [2.24, 2.45) is 5.92 Å². The first-order chi connectivity index (χ1) is 18.6. The van der Waals surface area contributed by atoms with E-state index < -0.39 is 17.8 Å².